The number of carbonyl (C=O) groups is 2. The van der Waals surface area contributed by atoms with Crippen LogP contribution in [0.4, 0.5) is 0 Å². The van der Waals surface area contributed by atoms with E-state index in [1.54, 1.807) is 25.3 Å². The summed E-state index contributed by atoms with van der Waals surface area (Å²) in [5.74, 6) is 0.0796. The van der Waals surface area contributed by atoms with Gasteiger partial charge in [0, 0.05) is 37.2 Å². The quantitative estimate of drug-likeness (QED) is 0.223. The number of benzene rings is 3. The largest absolute Gasteiger partial charge is 0.488 e. The van der Waals surface area contributed by atoms with Crippen LogP contribution >= 0.6 is 0 Å². The SMILES string of the molecule is COCC(OC(C)=O)c1cc(C(=O)CN(Cc2ccccc2)C(C)(C)C)ccc1OCc1ccccc1. The third kappa shape index (κ3) is 8.55. The van der Waals surface area contributed by atoms with Gasteiger partial charge >= 0.3 is 5.97 Å². The van der Waals surface area contributed by atoms with Crippen LogP contribution in [-0.2, 0) is 27.4 Å². The smallest absolute Gasteiger partial charge is 0.303 e. The normalized spacial score (nSPS) is 12.3. The first-order chi connectivity index (χ1) is 17.7. The van der Waals surface area contributed by atoms with Gasteiger partial charge in [0.2, 0.25) is 0 Å². The van der Waals surface area contributed by atoms with Crippen molar-refractivity contribution in [1.82, 2.24) is 4.90 Å². The Labute approximate surface area is 220 Å². The number of hydrogen-bond acceptors (Lipinski definition) is 6. The van der Waals surface area contributed by atoms with E-state index in [0.29, 0.717) is 30.0 Å². The Morgan fingerprint density at radius 1 is 0.892 bits per heavy atom. The lowest BCUT2D eigenvalue weighted by Gasteiger charge is -2.35. The summed E-state index contributed by atoms with van der Waals surface area (Å²) in [6.07, 6.45) is -0.705. The Hall–Kier alpha value is -3.48. The van der Waals surface area contributed by atoms with Crippen LogP contribution in [0.2, 0.25) is 0 Å². The number of carbonyl (C=O) groups excluding carboxylic acids is 2. The number of ether oxygens (including phenoxy) is 3. The minimum absolute atomic E-state index is 0.0271. The molecule has 6 nitrogen and oxygen atoms in total. The molecule has 3 rings (SSSR count). The van der Waals surface area contributed by atoms with Gasteiger partial charge in [0.1, 0.15) is 12.4 Å². The maximum Gasteiger partial charge on any atom is 0.303 e. The molecule has 0 aliphatic carbocycles. The van der Waals surface area contributed by atoms with E-state index in [2.05, 4.69) is 37.8 Å². The Morgan fingerprint density at radius 2 is 1.51 bits per heavy atom. The second-order valence-electron chi connectivity index (χ2n) is 10.0. The zero-order valence-electron chi connectivity index (χ0n) is 22.4. The molecule has 3 aromatic carbocycles. The van der Waals surface area contributed by atoms with Crippen LogP contribution in [0.5, 0.6) is 5.75 Å². The van der Waals surface area contributed by atoms with Gasteiger partial charge in [-0.25, -0.2) is 0 Å². The van der Waals surface area contributed by atoms with E-state index in [-0.39, 0.29) is 24.5 Å². The van der Waals surface area contributed by atoms with Crippen molar-refractivity contribution in [3.05, 3.63) is 101 Å². The van der Waals surface area contributed by atoms with E-state index in [0.717, 1.165) is 11.1 Å². The molecule has 37 heavy (non-hydrogen) atoms. The van der Waals surface area contributed by atoms with Gasteiger partial charge in [-0.1, -0.05) is 60.7 Å². The van der Waals surface area contributed by atoms with Crippen LogP contribution in [0.3, 0.4) is 0 Å². The molecule has 3 aromatic rings. The molecule has 0 saturated carbocycles. The highest BCUT2D eigenvalue weighted by Crippen LogP contribution is 2.31. The topological polar surface area (TPSA) is 65.1 Å². The maximum atomic E-state index is 13.5. The molecule has 0 heterocycles. The van der Waals surface area contributed by atoms with Crippen LogP contribution in [-0.4, -0.2) is 42.5 Å². The molecular formula is C31H37NO5. The van der Waals surface area contributed by atoms with Gasteiger partial charge in [0.25, 0.3) is 0 Å². The van der Waals surface area contributed by atoms with E-state index in [1.807, 2.05) is 48.5 Å². The van der Waals surface area contributed by atoms with Crippen LogP contribution in [0, 0.1) is 0 Å². The van der Waals surface area contributed by atoms with Gasteiger partial charge in [-0.05, 0) is 50.1 Å². The molecule has 0 amide bonds. The monoisotopic (exact) mass is 503 g/mol. The van der Waals surface area contributed by atoms with Crippen molar-refractivity contribution in [3.63, 3.8) is 0 Å². The summed E-state index contributed by atoms with van der Waals surface area (Å²) in [6.45, 7) is 9.04. The Morgan fingerprint density at radius 3 is 2.08 bits per heavy atom. The number of rotatable bonds is 12. The van der Waals surface area contributed by atoms with Gasteiger partial charge in [-0.2, -0.15) is 0 Å². The van der Waals surface area contributed by atoms with E-state index in [9.17, 15) is 9.59 Å². The minimum Gasteiger partial charge on any atom is -0.488 e. The molecule has 0 spiro atoms. The zero-order valence-corrected chi connectivity index (χ0v) is 22.4. The fourth-order valence-electron chi connectivity index (χ4n) is 3.98. The van der Waals surface area contributed by atoms with E-state index in [4.69, 9.17) is 14.2 Å². The van der Waals surface area contributed by atoms with Crippen molar-refractivity contribution in [2.45, 2.75) is 52.5 Å². The summed E-state index contributed by atoms with van der Waals surface area (Å²) in [6, 6.07) is 25.2. The molecular weight excluding hydrogens is 466 g/mol. The van der Waals surface area contributed by atoms with Gasteiger partial charge in [-0.3, -0.25) is 14.5 Å². The molecule has 1 unspecified atom stereocenters. The Balaban J connectivity index is 1.89. The van der Waals surface area contributed by atoms with Crippen molar-refractivity contribution < 1.29 is 23.8 Å². The van der Waals surface area contributed by atoms with Gasteiger partial charge < -0.3 is 14.2 Å². The predicted molar refractivity (Wildman–Crippen MR) is 145 cm³/mol. The molecule has 0 aromatic heterocycles. The lowest BCUT2D eigenvalue weighted by molar-refractivity contribution is -0.149. The third-order valence-corrected chi connectivity index (χ3v) is 6.04. The highest BCUT2D eigenvalue weighted by atomic mass is 16.6. The number of esters is 1. The lowest BCUT2D eigenvalue weighted by Crippen LogP contribution is -2.43. The highest BCUT2D eigenvalue weighted by molar-refractivity contribution is 5.98. The summed E-state index contributed by atoms with van der Waals surface area (Å²) in [5.41, 5.74) is 3.06. The van der Waals surface area contributed by atoms with Crippen molar-refractivity contribution in [3.8, 4) is 5.75 Å². The summed E-state index contributed by atoms with van der Waals surface area (Å²) in [4.78, 5) is 27.5. The highest BCUT2D eigenvalue weighted by Gasteiger charge is 2.26. The molecule has 196 valence electrons. The summed E-state index contributed by atoms with van der Waals surface area (Å²) in [5, 5.41) is 0. The Bertz CT molecular complexity index is 1160. The zero-order chi connectivity index (χ0) is 26.8. The average molecular weight is 504 g/mol. The van der Waals surface area contributed by atoms with Crippen molar-refractivity contribution in [2.24, 2.45) is 0 Å². The van der Waals surface area contributed by atoms with Gasteiger partial charge in [-0.15, -0.1) is 0 Å². The van der Waals surface area contributed by atoms with E-state index < -0.39 is 12.1 Å². The summed E-state index contributed by atoms with van der Waals surface area (Å²) in [7, 11) is 1.54. The van der Waals surface area contributed by atoms with Gasteiger partial charge in [0.15, 0.2) is 11.9 Å². The van der Waals surface area contributed by atoms with Crippen LogP contribution in [0.15, 0.2) is 78.9 Å². The molecule has 0 radical (unpaired) electrons. The number of ketones is 1. The first-order valence-corrected chi connectivity index (χ1v) is 12.5. The van der Waals surface area contributed by atoms with Crippen LogP contribution < -0.4 is 4.74 Å². The standard InChI is InChI=1S/C31H37NO5/c1-23(33)37-30(22-35-5)27-18-26(16-17-29(27)36-21-25-14-10-7-11-15-25)28(34)20-32(31(2,3)4)19-24-12-8-6-9-13-24/h6-18,30H,19-22H2,1-5H3. The molecule has 0 fully saturated rings. The van der Waals surface area contributed by atoms with Crippen LogP contribution in [0.25, 0.3) is 0 Å². The second kappa shape index (κ2) is 13.2. The van der Waals surface area contributed by atoms with Crippen LogP contribution in [0.1, 0.15) is 60.8 Å². The molecule has 0 aliphatic rings. The van der Waals surface area contributed by atoms with Crippen molar-refractivity contribution >= 4 is 11.8 Å². The van der Waals surface area contributed by atoms with Crippen molar-refractivity contribution in [1.29, 1.82) is 0 Å². The summed E-state index contributed by atoms with van der Waals surface area (Å²) >= 11 is 0. The molecule has 0 bridgehead atoms. The molecule has 1 atom stereocenters. The maximum absolute atomic E-state index is 13.5. The number of Topliss-reactive ketones (excluding diaryl/α,β-unsaturated/α-hetero) is 1. The van der Waals surface area contributed by atoms with Gasteiger partial charge in [0.05, 0.1) is 13.2 Å². The van der Waals surface area contributed by atoms with E-state index in [1.165, 1.54) is 6.92 Å². The molecule has 0 N–H and O–H groups in total. The first-order valence-electron chi connectivity index (χ1n) is 12.5. The number of hydrogen-bond donors (Lipinski definition) is 0. The van der Waals surface area contributed by atoms with E-state index >= 15 is 0 Å². The molecule has 0 aliphatic heterocycles. The minimum atomic E-state index is -0.705. The fraction of sp³-hybridized carbons (Fsp3) is 0.355. The first kappa shape index (κ1) is 28.1. The molecule has 6 heteroatoms. The lowest BCUT2D eigenvalue weighted by atomic mass is 9.99. The third-order valence-electron chi connectivity index (χ3n) is 6.04. The second-order valence-corrected chi connectivity index (χ2v) is 10.0. The number of methoxy groups -OCH3 is 1. The fourth-order valence-corrected chi connectivity index (χ4v) is 3.98. The summed E-state index contributed by atoms with van der Waals surface area (Å²) < 4.78 is 17.0. The average Bonchev–Trinajstić information content (AvgIpc) is 2.87. The van der Waals surface area contributed by atoms with Crippen molar-refractivity contribution in [2.75, 3.05) is 20.3 Å². The molecule has 0 saturated heterocycles. The number of nitrogens with zero attached hydrogens (tertiary/aromatic N) is 1. The Kier molecular flexibility index (Phi) is 10.0. The predicted octanol–water partition coefficient (Wildman–Crippen LogP) is 6.00.